The molecule has 1 amide bonds. The van der Waals surface area contributed by atoms with E-state index in [2.05, 4.69) is 15.5 Å². The molecule has 1 aliphatic heterocycles. The van der Waals surface area contributed by atoms with E-state index in [4.69, 9.17) is 27.5 Å². The third-order valence-electron chi connectivity index (χ3n) is 4.11. The zero-order valence-corrected chi connectivity index (χ0v) is 20.7. The summed E-state index contributed by atoms with van der Waals surface area (Å²) >= 11 is 6.05. The van der Waals surface area contributed by atoms with Crippen LogP contribution in [0.2, 0.25) is 0 Å². The summed E-state index contributed by atoms with van der Waals surface area (Å²) in [5, 5.41) is 7.98. The monoisotopic (exact) mass is 507 g/mol. The molecule has 12 nitrogen and oxygen atoms in total. The number of carbonyl (C=O) groups excluding carboxylic acids is 2. The van der Waals surface area contributed by atoms with E-state index in [1.165, 1.54) is 26.2 Å². The first-order valence-corrected chi connectivity index (χ1v) is 11.9. The third-order valence-corrected chi connectivity index (χ3v) is 6.37. The number of anilines is 1. The maximum absolute atomic E-state index is 12.9. The van der Waals surface area contributed by atoms with Gasteiger partial charge in [0.2, 0.25) is 5.60 Å². The zero-order valence-electron chi connectivity index (χ0n) is 18.3. The van der Waals surface area contributed by atoms with Crippen molar-refractivity contribution in [2.45, 2.75) is 64.8 Å². The normalized spacial score (nSPS) is 19.9. The standard InChI is InChI=1S/C17H25N5O7S3/c1-8-10(13(30)22(8)32(25,26)27)20-12(23)11(9-7-31-15(18)19-9)21-29-17(5,6)14(24)28-16(2,3)4/h7-8,10H,1-6H3,(H2,18,19)(H,20,23)(H,25,26,27)/b21-11-/t8-,10-/m0/s1. The van der Waals surface area contributed by atoms with E-state index in [0.717, 1.165) is 11.3 Å². The Hall–Kier alpha value is -2.36. The van der Waals surface area contributed by atoms with Gasteiger partial charge in [0, 0.05) is 5.38 Å². The van der Waals surface area contributed by atoms with Gasteiger partial charge in [0.05, 0.1) is 6.04 Å². The molecule has 4 N–H and O–H groups in total. The number of hydrogen-bond acceptors (Lipinski definition) is 11. The number of ether oxygens (including phenoxy) is 1. The summed E-state index contributed by atoms with van der Waals surface area (Å²) in [5.41, 5.74) is 3.11. The van der Waals surface area contributed by atoms with E-state index in [-0.39, 0.29) is 21.5 Å². The number of nitrogen functional groups attached to an aromatic ring is 1. The summed E-state index contributed by atoms with van der Waals surface area (Å²) in [4.78, 5) is 34.5. The number of esters is 1. The lowest BCUT2D eigenvalue weighted by molar-refractivity contribution is -0.179. The lowest BCUT2D eigenvalue weighted by Crippen LogP contribution is -2.70. The van der Waals surface area contributed by atoms with Crippen molar-refractivity contribution in [2.75, 3.05) is 5.73 Å². The Morgan fingerprint density at radius 3 is 2.38 bits per heavy atom. The van der Waals surface area contributed by atoms with Gasteiger partial charge in [-0.05, 0) is 41.5 Å². The van der Waals surface area contributed by atoms with E-state index in [0.29, 0.717) is 4.31 Å². The predicted octanol–water partition coefficient (Wildman–Crippen LogP) is 0.885. The molecular formula is C17H25N5O7S3. The average Bonchev–Trinajstić information content (AvgIpc) is 3.03. The number of amides is 1. The molecule has 0 saturated carbocycles. The number of aromatic nitrogens is 1. The second kappa shape index (κ2) is 8.88. The molecule has 0 spiro atoms. The quantitative estimate of drug-likeness (QED) is 0.158. The Morgan fingerprint density at radius 1 is 1.34 bits per heavy atom. The molecular weight excluding hydrogens is 482 g/mol. The van der Waals surface area contributed by atoms with Crippen LogP contribution in [0, 0.1) is 0 Å². The number of oxime groups is 1. The highest BCUT2D eigenvalue weighted by atomic mass is 32.2. The summed E-state index contributed by atoms with van der Waals surface area (Å²) in [6, 6.07) is -1.71. The van der Waals surface area contributed by atoms with Gasteiger partial charge in [0.15, 0.2) is 10.8 Å². The molecule has 15 heteroatoms. The Morgan fingerprint density at radius 2 is 1.94 bits per heavy atom. The lowest BCUT2D eigenvalue weighted by atomic mass is 10.0. The zero-order chi connectivity index (χ0) is 24.6. The van der Waals surface area contributed by atoms with E-state index < -0.39 is 45.5 Å². The summed E-state index contributed by atoms with van der Waals surface area (Å²) in [7, 11) is -4.55. The fourth-order valence-electron chi connectivity index (χ4n) is 2.51. The largest absolute Gasteiger partial charge is 0.457 e. The fourth-order valence-corrected chi connectivity index (χ4v) is 4.65. The van der Waals surface area contributed by atoms with Gasteiger partial charge in [0.1, 0.15) is 22.3 Å². The molecule has 0 aromatic carbocycles. The van der Waals surface area contributed by atoms with Gasteiger partial charge >= 0.3 is 16.3 Å². The summed E-state index contributed by atoms with van der Waals surface area (Å²) in [6.45, 7) is 9.37. The van der Waals surface area contributed by atoms with Crippen LogP contribution in [0.5, 0.6) is 0 Å². The fraction of sp³-hybridized carbons (Fsp3) is 0.588. The first-order valence-electron chi connectivity index (χ1n) is 9.26. The van der Waals surface area contributed by atoms with E-state index in [9.17, 15) is 22.6 Å². The lowest BCUT2D eigenvalue weighted by Gasteiger charge is -2.45. The van der Waals surface area contributed by atoms with Crippen molar-refractivity contribution < 1.29 is 32.1 Å². The Kier molecular flexibility index (Phi) is 7.19. The minimum Gasteiger partial charge on any atom is -0.457 e. The highest BCUT2D eigenvalue weighted by molar-refractivity contribution is 7.87. The van der Waals surface area contributed by atoms with Crippen LogP contribution in [0.3, 0.4) is 0 Å². The predicted molar refractivity (Wildman–Crippen MR) is 121 cm³/mol. The van der Waals surface area contributed by atoms with Crippen LogP contribution in [0.15, 0.2) is 10.5 Å². The molecule has 178 valence electrons. The molecule has 1 aromatic rings. The molecule has 2 atom stereocenters. The molecule has 0 bridgehead atoms. The number of rotatable bonds is 7. The van der Waals surface area contributed by atoms with Gasteiger partial charge < -0.3 is 20.6 Å². The average molecular weight is 508 g/mol. The van der Waals surface area contributed by atoms with E-state index in [1.54, 1.807) is 20.8 Å². The van der Waals surface area contributed by atoms with E-state index in [1.807, 2.05) is 0 Å². The van der Waals surface area contributed by atoms with Gasteiger partial charge in [-0.2, -0.15) is 8.42 Å². The molecule has 1 aromatic heterocycles. The van der Waals surface area contributed by atoms with Crippen LogP contribution in [0.1, 0.15) is 47.2 Å². The Bertz CT molecular complexity index is 1060. The van der Waals surface area contributed by atoms with Crippen LogP contribution in [0.25, 0.3) is 0 Å². The maximum atomic E-state index is 12.9. The third kappa shape index (κ3) is 5.90. The summed E-state index contributed by atoms with van der Waals surface area (Å²) < 4.78 is 37.9. The number of carbonyl (C=O) groups is 2. The topological polar surface area (TPSA) is 174 Å². The highest BCUT2D eigenvalue weighted by Gasteiger charge is 2.48. The second-order valence-corrected chi connectivity index (χ2v) is 11.0. The first kappa shape index (κ1) is 25.9. The highest BCUT2D eigenvalue weighted by Crippen LogP contribution is 2.25. The molecule has 0 aliphatic carbocycles. The molecule has 32 heavy (non-hydrogen) atoms. The number of thiocarbonyl (C=S) groups is 1. The minimum absolute atomic E-state index is 0.0783. The minimum atomic E-state index is -4.55. The van der Waals surface area contributed by atoms with Crippen LogP contribution in [-0.4, -0.2) is 68.1 Å². The van der Waals surface area contributed by atoms with Crippen molar-refractivity contribution in [3.05, 3.63) is 11.1 Å². The SMILES string of the molecule is C[C@H]1[C@H](NC(=O)/C(=N\OC(C)(C)C(=O)OC(C)(C)C)c2csc(N)n2)C(=S)N1S(=O)(=O)O. The molecule has 0 unspecified atom stereocenters. The summed E-state index contributed by atoms with van der Waals surface area (Å²) in [5.74, 6) is -1.51. The molecule has 1 saturated heterocycles. The Labute approximate surface area is 195 Å². The van der Waals surface area contributed by atoms with Crippen LogP contribution >= 0.6 is 23.6 Å². The van der Waals surface area contributed by atoms with Crippen molar-refractivity contribution in [3.63, 3.8) is 0 Å². The van der Waals surface area contributed by atoms with Crippen LogP contribution in [0.4, 0.5) is 5.13 Å². The number of nitrogens with zero attached hydrogens (tertiary/aromatic N) is 3. The Balaban J connectivity index is 2.26. The van der Waals surface area contributed by atoms with E-state index >= 15 is 0 Å². The molecule has 2 heterocycles. The number of nitrogens with one attached hydrogen (secondary N) is 1. The van der Waals surface area contributed by atoms with Gasteiger partial charge in [0.25, 0.3) is 5.91 Å². The van der Waals surface area contributed by atoms with Gasteiger partial charge in [-0.15, -0.1) is 11.3 Å². The molecule has 1 fully saturated rings. The van der Waals surface area contributed by atoms with Gasteiger partial charge in [-0.1, -0.05) is 17.4 Å². The van der Waals surface area contributed by atoms with Crippen molar-refractivity contribution in [3.8, 4) is 0 Å². The summed E-state index contributed by atoms with van der Waals surface area (Å²) in [6.07, 6.45) is 0. The van der Waals surface area contributed by atoms with Crippen LogP contribution < -0.4 is 11.1 Å². The second-order valence-electron chi connectivity index (χ2n) is 8.42. The number of hydrogen-bond donors (Lipinski definition) is 3. The number of nitrogens with two attached hydrogens (primary N) is 1. The van der Waals surface area contributed by atoms with Gasteiger partial charge in [-0.3, -0.25) is 9.35 Å². The van der Waals surface area contributed by atoms with Gasteiger partial charge in [-0.25, -0.2) is 14.1 Å². The van der Waals surface area contributed by atoms with Crippen molar-refractivity contribution in [1.82, 2.24) is 14.6 Å². The molecule has 0 radical (unpaired) electrons. The first-order chi connectivity index (χ1) is 14.4. The van der Waals surface area contributed by atoms with Crippen molar-refractivity contribution in [2.24, 2.45) is 5.16 Å². The number of thiazole rings is 1. The maximum Gasteiger partial charge on any atom is 0.360 e. The molecule has 1 aliphatic rings. The van der Waals surface area contributed by atoms with Crippen molar-refractivity contribution in [1.29, 1.82) is 0 Å². The smallest absolute Gasteiger partial charge is 0.360 e. The van der Waals surface area contributed by atoms with Crippen molar-refractivity contribution >= 4 is 61.6 Å². The molecule has 2 rings (SSSR count). The van der Waals surface area contributed by atoms with Crippen LogP contribution in [-0.2, 0) is 29.5 Å².